The number of ether oxygens (including phenoxy) is 2. The van der Waals surface area contributed by atoms with Gasteiger partial charge in [-0.05, 0) is 59.6 Å². The van der Waals surface area contributed by atoms with Gasteiger partial charge in [0.05, 0.1) is 32.7 Å². The number of carbonyl (C=O) groups excluding carboxylic acids is 1. The zero-order valence-corrected chi connectivity index (χ0v) is 21.3. The number of para-hydroxylation sites is 1. The first kappa shape index (κ1) is 24.6. The van der Waals surface area contributed by atoms with Crippen LogP contribution in [0.2, 0.25) is 5.02 Å². The minimum atomic E-state index is -0.495. The molecule has 4 aromatic rings. The van der Waals surface area contributed by atoms with Crippen LogP contribution in [-0.2, 0) is 9.53 Å². The van der Waals surface area contributed by atoms with Gasteiger partial charge in [0.15, 0.2) is 18.2 Å². The van der Waals surface area contributed by atoms with Crippen molar-refractivity contribution in [3.05, 3.63) is 92.1 Å². The van der Waals surface area contributed by atoms with E-state index in [1.807, 2.05) is 36.4 Å². The molecule has 4 rings (SSSR count). The van der Waals surface area contributed by atoms with Crippen molar-refractivity contribution in [3.8, 4) is 17.1 Å². The number of aromatic nitrogens is 2. The summed E-state index contributed by atoms with van der Waals surface area (Å²) in [4.78, 5) is 29.7. The van der Waals surface area contributed by atoms with E-state index in [0.717, 1.165) is 5.56 Å². The Morgan fingerprint density at radius 1 is 1.14 bits per heavy atom. The second-order valence-electron chi connectivity index (χ2n) is 7.82. The molecule has 0 aliphatic carbocycles. The average molecular weight is 555 g/mol. The Bertz CT molecular complexity index is 1450. The van der Waals surface area contributed by atoms with Gasteiger partial charge in [0.2, 0.25) is 0 Å². The quantitative estimate of drug-likeness (QED) is 0.216. The lowest BCUT2D eigenvalue weighted by Gasteiger charge is -2.12. The molecule has 0 aliphatic heterocycles. The van der Waals surface area contributed by atoms with Crippen LogP contribution >= 0.6 is 27.5 Å². The fraction of sp³-hybridized carbons (Fsp3) is 0.154. The van der Waals surface area contributed by atoms with Gasteiger partial charge in [-0.25, -0.2) is 9.78 Å². The van der Waals surface area contributed by atoms with E-state index >= 15 is 0 Å². The third-order valence-corrected chi connectivity index (χ3v) is 5.70. The van der Waals surface area contributed by atoms with Crippen LogP contribution in [0.25, 0.3) is 22.3 Å². The van der Waals surface area contributed by atoms with Crippen molar-refractivity contribution in [1.82, 2.24) is 9.66 Å². The molecule has 7 nitrogen and oxygen atoms in total. The molecule has 0 N–H and O–H groups in total. The SMILES string of the molecule is CC(C)OC(=O)COc1c(Cl)cc(C=Nn2c(-c3ccccc3)nc3ccccc3c2=O)cc1Br. The monoisotopic (exact) mass is 553 g/mol. The Hall–Kier alpha value is -3.49. The van der Waals surface area contributed by atoms with Crippen LogP contribution < -0.4 is 10.3 Å². The van der Waals surface area contributed by atoms with Crippen molar-refractivity contribution >= 4 is 50.6 Å². The molecule has 178 valence electrons. The van der Waals surface area contributed by atoms with Gasteiger partial charge in [-0.15, -0.1) is 0 Å². The van der Waals surface area contributed by atoms with Crippen molar-refractivity contribution in [3.63, 3.8) is 0 Å². The number of fused-ring (bicyclic) bond motifs is 1. The topological polar surface area (TPSA) is 82.8 Å². The number of hydrogen-bond acceptors (Lipinski definition) is 6. The largest absolute Gasteiger partial charge is 0.479 e. The highest BCUT2D eigenvalue weighted by atomic mass is 79.9. The van der Waals surface area contributed by atoms with Gasteiger partial charge in [-0.2, -0.15) is 9.78 Å². The molecule has 0 amide bonds. The molecule has 35 heavy (non-hydrogen) atoms. The fourth-order valence-electron chi connectivity index (χ4n) is 3.35. The summed E-state index contributed by atoms with van der Waals surface area (Å²) in [6.07, 6.45) is 1.27. The maximum Gasteiger partial charge on any atom is 0.344 e. The van der Waals surface area contributed by atoms with E-state index in [1.54, 1.807) is 44.2 Å². The number of nitrogens with zero attached hydrogens (tertiary/aromatic N) is 3. The summed E-state index contributed by atoms with van der Waals surface area (Å²) in [5.41, 5.74) is 1.66. The van der Waals surface area contributed by atoms with E-state index < -0.39 is 5.97 Å². The van der Waals surface area contributed by atoms with Crippen LogP contribution in [-0.4, -0.2) is 34.6 Å². The summed E-state index contributed by atoms with van der Waals surface area (Å²) in [5.74, 6) is 0.226. The third kappa shape index (κ3) is 5.78. The molecule has 9 heteroatoms. The molecule has 3 aromatic carbocycles. The second kappa shape index (κ2) is 10.8. The van der Waals surface area contributed by atoms with Crippen LogP contribution in [0.1, 0.15) is 19.4 Å². The van der Waals surface area contributed by atoms with Crippen LogP contribution in [0.15, 0.2) is 81.1 Å². The van der Waals surface area contributed by atoms with Crippen molar-refractivity contribution in [2.24, 2.45) is 5.10 Å². The minimum absolute atomic E-state index is 0.239. The molecular formula is C26H21BrClN3O4. The van der Waals surface area contributed by atoms with Gasteiger partial charge >= 0.3 is 5.97 Å². The lowest BCUT2D eigenvalue weighted by Crippen LogP contribution is -2.20. The van der Waals surface area contributed by atoms with E-state index in [0.29, 0.717) is 32.5 Å². The molecule has 0 fully saturated rings. The molecular weight excluding hydrogens is 534 g/mol. The van der Waals surface area contributed by atoms with Crippen molar-refractivity contribution in [2.75, 3.05) is 6.61 Å². The molecule has 0 saturated carbocycles. The standard InChI is InChI=1S/C26H21BrClN3O4/c1-16(2)35-23(32)15-34-24-20(27)12-17(13-21(24)28)14-29-31-25(18-8-4-3-5-9-18)30-22-11-7-6-10-19(22)26(31)33/h3-14,16H,15H2,1-2H3. The number of benzene rings is 3. The predicted octanol–water partition coefficient (Wildman–Crippen LogP) is 5.69. The van der Waals surface area contributed by atoms with Gasteiger partial charge in [-0.1, -0.05) is 54.1 Å². The Kier molecular flexibility index (Phi) is 7.63. The minimum Gasteiger partial charge on any atom is -0.479 e. The molecule has 0 spiro atoms. The first-order valence-corrected chi connectivity index (χ1v) is 11.9. The molecule has 0 unspecified atom stereocenters. The zero-order chi connectivity index (χ0) is 24.9. The summed E-state index contributed by atoms with van der Waals surface area (Å²) in [7, 11) is 0. The summed E-state index contributed by atoms with van der Waals surface area (Å²) in [6.45, 7) is 3.24. The fourth-order valence-corrected chi connectivity index (χ4v) is 4.34. The normalized spacial score (nSPS) is 11.3. The molecule has 1 heterocycles. The highest BCUT2D eigenvalue weighted by Gasteiger charge is 2.14. The summed E-state index contributed by atoms with van der Waals surface area (Å²) < 4.78 is 12.4. The molecule has 0 aliphatic rings. The Morgan fingerprint density at radius 3 is 2.57 bits per heavy atom. The molecule has 0 atom stereocenters. The average Bonchev–Trinajstić information content (AvgIpc) is 2.83. The van der Waals surface area contributed by atoms with Crippen LogP contribution in [0.4, 0.5) is 0 Å². The van der Waals surface area contributed by atoms with Crippen LogP contribution in [0.5, 0.6) is 5.75 Å². The Balaban J connectivity index is 1.69. The number of hydrogen-bond donors (Lipinski definition) is 0. The highest BCUT2D eigenvalue weighted by Crippen LogP contribution is 2.34. The summed E-state index contributed by atoms with van der Waals surface area (Å²) in [6, 6.07) is 19.9. The second-order valence-corrected chi connectivity index (χ2v) is 9.08. The van der Waals surface area contributed by atoms with E-state index in [2.05, 4.69) is 26.0 Å². The van der Waals surface area contributed by atoms with E-state index in [1.165, 1.54) is 10.9 Å². The van der Waals surface area contributed by atoms with Crippen molar-refractivity contribution in [1.29, 1.82) is 0 Å². The maximum absolute atomic E-state index is 13.3. The Morgan fingerprint density at radius 2 is 1.86 bits per heavy atom. The van der Waals surface area contributed by atoms with E-state index in [4.69, 9.17) is 21.1 Å². The van der Waals surface area contributed by atoms with Crippen molar-refractivity contribution in [2.45, 2.75) is 20.0 Å². The number of esters is 1. The first-order valence-electron chi connectivity index (χ1n) is 10.8. The molecule has 0 saturated heterocycles. The Labute approximate surface area is 215 Å². The molecule has 0 radical (unpaired) electrons. The lowest BCUT2D eigenvalue weighted by atomic mass is 10.2. The van der Waals surface area contributed by atoms with Gasteiger partial charge in [0.1, 0.15) is 0 Å². The summed E-state index contributed by atoms with van der Waals surface area (Å²) in [5, 5.41) is 5.17. The third-order valence-electron chi connectivity index (χ3n) is 4.83. The van der Waals surface area contributed by atoms with Gasteiger partial charge in [0.25, 0.3) is 5.56 Å². The number of rotatable bonds is 7. The zero-order valence-electron chi connectivity index (χ0n) is 18.9. The lowest BCUT2D eigenvalue weighted by molar-refractivity contribution is -0.149. The smallest absolute Gasteiger partial charge is 0.344 e. The first-order chi connectivity index (χ1) is 16.8. The maximum atomic E-state index is 13.3. The van der Waals surface area contributed by atoms with Crippen LogP contribution in [0, 0.1) is 0 Å². The highest BCUT2D eigenvalue weighted by molar-refractivity contribution is 9.10. The van der Waals surface area contributed by atoms with Gasteiger partial charge < -0.3 is 9.47 Å². The van der Waals surface area contributed by atoms with E-state index in [-0.39, 0.29) is 23.3 Å². The predicted molar refractivity (Wildman–Crippen MR) is 140 cm³/mol. The van der Waals surface area contributed by atoms with Crippen LogP contribution in [0.3, 0.4) is 0 Å². The number of carbonyl (C=O) groups is 1. The van der Waals surface area contributed by atoms with Crippen molar-refractivity contribution < 1.29 is 14.3 Å². The van der Waals surface area contributed by atoms with E-state index in [9.17, 15) is 9.59 Å². The molecule has 0 bridgehead atoms. The van der Waals surface area contributed by atoms with Gasteiger partial charge in [0, 0.05) is 5.56 Å². The molecule has 1 aromatic heterocycles. The summed E-state index contributed by atoms with van der Waals surface area (Å²) >= 11 is 9.81. The van der Waals surface area contributed by atoms with Gasteiger partial charge in [-0.3, -0.25) is 4.79 Å². The number of halogens is 2.